The summed E-state index contributed by atoms with van der Waals surface area (Å²) in [5.41, 5.74) is 1.36. The first-order valence-electron chi connectivity index (χ1n) is 9.24. The Bertz CT molecular complexity index is 715. The SMILES string of the molecule is COCCCNc1cc(C(=O)N2CCCCC2)nc(-c2ccccc2)n1. The summed E-state index contributed by atoms with van der Waals surface area (Å²) in [7, 11) is 1.69. The van der Waals surface area contributed by atoms with E-state index >= 15 is 0 Å². The Balaban J connectivity index is 1.85. The van der Waals surface area contributed by atoms with Gasteiger partial charge in [-0.3, -0.25) is 4.79 Å². The number of ether oxygens (including phenoxy) is 1. The van der Waals surface area contributed by atoms with E-state index in [4.69, 9.17) is 4.74 Å². The van der Waals surface area contributed by atoms with Gasteiger partial charge < -0.3 is 15.0 Å². The van der Waals surface area contributed by atoms with Crippen molar-refractivity contribution in [1.29, 1.82) is 0 Å². The number of carbonyl (C=O) groups is 1. The minimum Gasteiger partial charge on any atom is -0.385 e. The first-order valence-corrected chi connectivity index (χ1v) is 9.24. The Hall–Kier alpha value is -2.47. The highest BCUT2D eigenvalue weighted by atomic mass is 16.5. The highest BCUT2D eigenvalue weighted by Gasteiger charge is 2.21. The van der Waals surface area contributed by atoms with Gasteiger partial charge in [-0.2, -0.15) is 0 Å². The number of benzene rings is 1. The van der Waals surface area contributed by atoms with Crippen LogP contribution >= 0.6 is 0 Å². The monoisotopic (exact) mass is 354 g/mol. The number of aromatic nitrogens is 2. The molecule has 2 aromatic rings. The molecule has 1 aliphatic heterocycles. The van der Waals surface area contributed by atoms with Gasteiger partial charge in [-0.25, -0.2) is 9.97 Å². The largest absolute Gasteiger partial charge is 0.385 e. The average molecular weight is 354 g/mol. The van der Waals surface area contributed by atoms with Crippen LogP contribution in [0.3, 0.4) is 0 Å². The Morgan fingerprint density at radius 1 is 1.15 bits per heavy atom. The fourth-order valence-electron chi connectivity index (χ4n) is 3.06. The van der Waals surface area contributed by atoms with E-state index in [2.05, 4.69) is 15.3 Å². The number of nitrogens with one attached hydrogen (secondary N) is 1. The lowest BCUT2D eigenvalue weighted by Crippen LogP contribution is -2.36. The summed E-state index contributed by atoms with van der Waals surface area (Å²) in [6.07, 6.45) is 4.18. The van der Waals surface area contributed by atoms with Crippen molar-refractivity contribution >= 4 is 11.7 Å². The highest BCUT2D eigenvalue weighted by molar-refractivity contribution is 5.93. The van der Waals surface area contributed by atoms with Gasteiger partial charge in [-0.15, -0.1) is 0 Å². The maximum absolute atomic E-state index is 12.9. The van der Waals surface area contributed by atoms with E-state index in [1.165, 1.54) is 6.42 Å². The molecule has 6 heteroatoms. The molecule has 0 saturated carbocycles. The number of nitrogens with zero attached hydrogens (tertiary/aromatic N) is 3. The zero-order valence-electron chi connectivity index (χ0n) is 15.3. The van der Waals surface area contributed by atoms with Crippen LogP contribution in [0.1, 0.15) is 36.2 Å². The van der Waals surface area contributed by atoms with E-state index in [1.54, 1.807) is 13.2 Å². The summed E-state index contributed by atoms with van der Waals surface area (Å²) >= 11 is 0. The number of rotatable bonds is 7. The Labute approximate surface area is 154 Å². The van der Waals surface area contributed by atoms with Crippen LogP contribution in [-0.4, -0.2) is 54.1 Å². The minimum absolute atomic E-state index is 0.00998. The van der Waals surface area contributed by atoms with Crippen LogP contribution in [0.4, 0.5) is 5.82 Å². The summed E-state index contributed by atoms with van der Waals surface area (Å²) in [6, 6.07) is 11.5. The summed E-state index contributed by atoms with van der Waals surface area (Å²) in [4.78, 5) is 23.9. The number of anilines is 1. The fraction of sp³-hybridized carbons (Fsp3) is 0.450. The number of amides is 1. The van der Waals surface area contributed by atoms with Crippen LogP contribution in [0.25, 0.3) is 11.4 Å². The topological polar surface area (TPSA) is 67.3 Å². The molecule has 0 unspecified atom stereocenters. The molecule has 1 N–H and O–H groups in total. The molecule has 1 amide bonds. The van der Waals surface area contributed by atoms with Crippen molar-refractivity contribution < 1.29 is 9.53 Å². The van der Waals surface area contributed by atoms with Crippen molar-refractivity contribution in [2.45, 2.75) is 25.7 Å². The second-order valence-electron chi connectivity index (χ2n) is 6.45. The normalized spacial score (nSPS) is 14.3. The van der Waals surface area contributed by atoms with E-state index < -0.39 is 0 Å². The van der Waals surface area contributed by atoms with Crippen LogP contribution in [0, 0.1) is 0 Å². The number of hydrogen-bond donors (Lipinski definition) is 1. The Morgan fingerprint density at radius 3 is 2.65 bits per heavy atom. The van der Waals surface area contributed by atoms with E-state index in [1.807, 2.05) is 35.2 Å². The van der Waals surface area contributed by atoms with Gasteiger partial charge in [-0.05, 0) is 25.7 Å². The van der Waals surface area contributed by atoms with Crippen LogP contribution in [0.15, 0.2) is 36.4 Å². The molecule has 0 atom stereocenters. The van der Waals surface area contributed by atoms with Gasteiger partial charge in [0.2, 0.25) is 0 Å². The van der Waals surface area contributed by atoms with Crippen molar-refractivity contribution in [1.82, 2.24) is 14.9 Å². The van der Waals surface area contributed by atoms with Gasteiger partial charge in [0.25, 0.3) is 5.91 Å². The molecule has 1 aromatic carbocycles. The molecule has 1 fully saturated rings. The van der Waals surface area contributed by atoms with Crippen LogP contribution < -0.4 is 5.32 Å². The maximum atomic E-state index is 12.9. The molecule has 138 valence electrons. The van der Waals surface area contributed by atoms with Crippen molar-refractivity contribution in [2.75, 3.05) is 38.7 Å². The number of methoxy groups -OCH3 is 1. The van der Waals surface area contributed by atoms with Gasteiger partial charge in [0.15, 0.2) is 5.82 Å². The number of piperidine rings is 1. The molecule has 6 nitrogen and oxygen atoms in total. The van der Waals surface area contributed by atoms with Gasteiger partial charge in [0.1, 0.15) is 11.5 Å². The Kier molecular flexibility index (Phi) is 6.55. The van der Waals surface area contributed by atoms with E-state index in [0.717, 1.165) is 44.5 Å². The third-order valence-corrected chi connectivity index (χ3v) is 4.45. The lowest BCUT2D eigenvalue weighted by atomic mass is 10.1. The van der Waals surface area contributed by atoms with Gasteiger partial charge in [0, 0.05) is 45.0 Å². The molecule has 0 spiro atoms. The molecule has 0 bridgehead atoms. The van der Waals surface area contributed by atoms with Crippen LogP contribution in [0.5, 0.6) is 0 Å². The first-order chi connectivity index (χ1) is 12.8. The van der Waals surface area contributed by atoms with Crippen molar-refractivity contribution in [2.24, 2.45) is 0 Å². The predicted octanol–water partition coefficient (Wildman–Crippen LogP) is 3.22. The first kappa shape index (κ1) is 18.3. The fourth-order valence-corrected chi connectivity index (χ4v) is 3.06. The molecule has 1 aromatic heterocycles. The lowest BCUT2D eigenvalue weighted by Gasteiger charge is -2.26. The number of likely N-dealkylation sites (tertiary alicyclic amines) is 1. The third-order valence-electron chi connectivity index (χ3n) is 4.45. The molecule has 26 heavy (non-hydrogen) atoms. The molecule has 0 radical (unpaired) electrons. The molecular formula is C20H26N4O2. The molecule has 3 rings (SSSR count). The average Bonchev–Trinajstić information content (AvgIpc) is 2.72. The highest BCUT2D eigenvalue weighted by Crippen LogP contribution is 2.20. The van der Waals surface area contributed by atoms with Gasteiger partial charge in [0.05, 0.1) is 0 Å². The van der Waals surface area contributed by atoms with Crippen LogP contribution in [0.2, 0.25) is 0 Å². The number of carbonyl (C=O) groups excluding carboxylic acids is 1. The maximum Gasteiger partial charge on any atom is 0.272 e. The van der Waals surface area contributed by atoms with E-state index in [-0.39, 0.29) is 5.91 Å². The second kappa shape index (κ2) is 9.29. The summed E-state index contributed by atoms with van der Waals surface area (Å²) < 4.78 is 5.08. The van der Waals surface area contributed by atoms with Gasteiger partial charge >= 0.3 is 0 Å². The van der Waals surface area contributed by atoms with E-state index in [0.29, 0.717) is 23.9 Å². The van der Waals surface area contributed by atoms with Crippen molar-refractivity contribution in [3.05, 3.63) is 42.1 Å². The smallest absolute Gasteiger partial charge is 0.272 e. The quantitative estimate of drug-likeness (QED) is 0.773. The van der Waals surface area contributed by atoms with E-state index in [9.17, 15) is 4.79 Å². The van der Waals surface area contributed by atoms with Crippen molar-refractivity contribution in [3.8, 4) is 11.4 Å². The van der Waals surface area contributed by atoms with Crippen molar-refractivity contribution in [3.63, 3.8) is 0 Å². The summed E-state index contributed by atoms with van der Waals surface area (Å²) in [6.45, 7) is 3.03. The van der Waals surface area contributed by atoms with Gasteiger partial charge in [-0.1, -0.05) is 30.3 Å². The Morgan fingerprint density at radius 2 is 1.92 bits per heavy atom. The summed E-state index contributed by atoms with van der Waals surface area (Å²) in [5, 5.41) is 3.29. The standard InChI is InChI=1S/C20H26N4O2/c1-26-14-8-11-21-18-15-17(20(25)24-12-6-3-7-13-24)22-19(23-18)16-9-4-2-5-10-16/h2,4-5,9-10,15H,3,6-8,11-14H2,1H3,(H,21,22,23). The zero-order chi connectivity index (χ0) is 18.2. The third kappa shape index (κ3) is 4.79. The number of hydrogen-bond acceptors (Lipinski definition) is 5. The molecular weight excluding hydrogens is 328 g/mol. The predicted molar refractivity (Wildman–Crippen MR) is 102 cm³/mol. The summed E-state index contributed by atoms with van der Waals surface area (Å²) in [5.74, 6) is 1.24. The molecule has 1 saturated heterocycles. The lowest BCUT2D eigenvalue weighted by molar-refractivity contribution is 0.0718. The minimum atomic E-state index is -0.00998. The molecule has 1 aliphatic rings. The van der Waals surface area contributed by atoms with Crippen LogP contribution in [-0.2, 0) is 4.74 Å². The molecule has 0 aliphatic carbocycles. The molecule has 2 heterocycles. The second-order valence-corrected chi connectivity index (χ2v) is 6.45. The zero-order valence-corrected chi connectivity index (χ0v) is 15.3.